The summed E-state index contributed by atoms with van der Waals surface area (Å²) in [6.07, 6.45) is 0.741. The van der Waals surface area contributed by atoms with Crippen molar-refractivity contribution in [1.29, 1.82) is 0 Å². The van der Waals surface area contributed by atoms with Gasteiger partial charge < -0.3 is 10.0 Å². The number of carboxylic acid groups (broad SMARTS) is 1. The standard InChI is InChI=1S/C14H15F2NO3/c1-2-14(13(19)20)5-6-17(8-14)12(18)10-4-3-9(15)7-11(10)16/h3-4,7H,2,5-6,8H2,1H3,(H,19,20). The highest BCUT2D eigenvalue weighted by atomic mass is 19.1. The maximum atomic E-state index is 13.6. The van der Waals surface area contributed by atoms with Crippen LogP contribution in [0.1, 0.15) is 30.1 Å². The number of likely N-dealkylation sites (tertiary alicyclic amines) is 1. The molecule has 1 unspecified atom stereocenters. The van der Waals surface area contributed by atoms with Gasteiger partial charge in [-0.1, -0.05) is 6.92 Å². The molecule has 0 aliphatic carbocycles. The molecular formula is C14H15F2NO3. The molecule has 0 bridgehead atoms. The number of carbonyl (C=O) groups is 2. The number of carboxylic acids is 1. The van der Waals surface area contributed by atoms with Crippen molar-refractivity contribution in [3.63, 3.8) is 0 Å². The molecule has 1 aromatic carbocycles. The molecule has 108 valence electrons. The van der Waals surface area contributed by atoms with E-state index in [1.807, 2.05) is 0 Å². The van der Waals surface area contributed by atoms with E-state index in [0.717, 1.165) is 12.1 Å². The fraction of sp³-hybridized carbons (Fsp3) is 0.429. The summed E-state index contributed by atoms with van der Waals surface area (Å²) in [5.41, 5.74) is -1.20. The number of benzene rings is 1. The summed E-state index contributed by atoms with van der Waals surface area (Å²) >= 11 is 0. The molecule has 1 amide bonds. The maximum absolute atomic E-state index is 13.6. The number of amides is 1. The van der Waals surface area contributed by atoms with Gasteiger partial charge in [0.2, 0.25) is 0 Å². The summed E-state index contributed by atoms with van der Waals surface area (Å²) < 4.78 is 26.4. The molecule has 0 saturated carbocycles. The van der Waals surface area contributed by atoms with Crippen LogP contribution in [0, 0.1) is 17.0 Å². The van der Waals surface area contributed by atoms with Crippen LogP contribution in [-0.2, 0) is 4.79 Å². The monoisotopic (exact) mass is 283 g/mol. The van der Waals surface area contributed by atoms with E-state index in [2.05, 4.69) is 0 Å². The molecule has 0 spiro atoms. The molecule has 1 N–H and O–H groups in total. The largest absolute Gasteiger partial charge is 0.481 e. The molecule has 4 nitrogen and oxygen atoms in total. The lowest BCUT2D eigenvalue weighted by atomic mass is 9.84. The lowest BCUT2D eigenvalue weighted by Gasteiger charge is -2.23. The van der Waals surface area contributed by atoms with Crippen LogP contribution in [0.2, 0.25) is 0 Å². The van der Waals surface area contributed by atoms with Gasteiger partial charge in [-0.25, -0.2) is 8.78 Å². The van der Waals surface area contributed by atoms with Crippen molar-refractivity contribution in [3.05, 3.63) is 35.4 Å². The highest BCUT2D eigenvalue weighted by Gasteiger charge is 2.45. The second-order valence-corrected chi connectivity index (χ2v) is 5.04. The normalized spacial score (nSPS) is 22.1. The SMILES string of the molecule is CCC1(C(=O)O)CCN(C(=O)c2ccc(F)cc2F)C1. The van der Waals surface area contributed by atoms with E-state index in [1.54, 1.807) is 6.92 Å². The number of hydrogen-bond donors (Lipinski definition) is 1. The van der Waals surface area contributed by atoms with Crippen molar-refractivity contribution in [2.45, 2.75) is 19.8 Å². The molecule has 0 radical (unpaired) electrons. The smallest absolute Gasteiger partial charge is 0.311 e. The van der Waals surface area contributed by atoms with Crippen molar-refractivity contribution in [3.8, 4) is 0 Å². The first-order valence-electron chi connectivity index (χ1n) is 6.37. The predicted octanol–water partition coefficient (Wildman–Crippen LogP) is 2.29. The molecular weight excluding hydrogens is 268 g/mol. The Kier molecular flexibility index (Phi) is 3.74. The Morgan fingerprint density at radius 2 is 2.10 bits per heavy atom. The Balaban J connectivity index is 2.21. The molecule has 1 saturated heterocycles. The second kappa shape index (κ2) is 5.19. The third-order valence-corrected chi connectivity index (χ3v) is 3.93. The van der Waals surface area contributed by atoms with Gasteiger partial charge in [0.1, 0.15) is 11.6 Å². The zero-order valence-corrected chi connectivity index (χ0v) is 11.0. The van der Waals surface area contributed by atoms with Gasteiger partial charge in [0.05, 0.1) is 11.0 Å². The van der Waals surface area contributed by atoms with Crippen molar-refractivity contribution < 1.29 is 23.5 Å². The predicted molar refractivity (Wildman–Crippen MR) is 67.2 cm³/mol. The first-order chi connectivity index (χ1) is 9.39. The molecule has 1 fully saturated rings. The molecule has 20 heavy (non-hydrogen) atoms. The van der Waals surface area contributed by atoms with Crippen LogP contribution >= 0.6 is 0 Å². The highest BCUT2D eigenvalue weighted by molar-refractivity contribution is 5.95. The van der Waals surface area contributed by atoms with Crippen LogP contribution in [0.3, 0.4) is 0 Å². The minimum absolute atomic E-state index is 0.0501. The summed E-state index contributed by atoms with van der Waals surface area (Å²) in [5, 5.41) is 9.26. The highest BCUT2D eigenvalue weighted by Crippen LogP contribution is 2.35. The molecule has 1 aliphatic rings. The summed E-state index contributed by atoms with van der Waals surface area (Å²) in [6, 6.07) is 2.74. The second-order valence-electron chi connectivity index (χ2n) is 5.04. The van der Waals surface area contributed by atoms with Gasteiger partial charge in [-0.15, -0.1) is 0 Å². The van der Waals surface area contributed by atoms with Gasteiger partial charge in [-0.05, 0) is 25.0 Å². The Hall–Kier alpha value is -1.98. The fourth-order valence-electron chi connectivity index (χ4n) is 2.49. The van der Waals surface area contributed by atoms with E-state index < -0.39 is 28.9 Å². The minimum Gasteiger partial charge on any atom is -0.481 e. The zero-order valence-electron chi connectivity index (χ0n) is 11.0. The van der Waals surface area contributed by atoms with E-state index in [1.165, 1.54) is 4.90 Å². The van der Waals surface area contributed by atoms with Crippen LogP contribution in [0.5, 0.6) is 0 Å². The number of nitrogens with zero attached hydrogens (tertiary/aromatic N) is 1. The topological polar surface area (TPSA) is 57.6 Å². The summed E-state index contributed by atoms with van der Waals surface area (Å²) in [6.45, 7) is 2.06. The number of halogens is 2. The van der Waals surface area contributed by atoms with E-state index >= 15 is 0 Å². The maximum Gasteiger partial charge on any atom is 0.311 e. The zero-order chi connectivity index (χ0) is 14.9. The fourth-order valence-corrected chi connectivity index (χ4v) is 2.49. The van der Waals surface area contributed by atoms with Gasteiger partial charge in [0.15, 0.2) is 0 Å². The number of aliphatic carboxylic acids is 1. The van der Waals surface area contributed by atoms with Gasteiger partial charge in [0.25, 0.3) is 5.91 Å². The molecule has 2 rings (SSSR count). The van der Waals surface area contributed by atoms with E-state index in [4.69, 9.17) is 0 Å². The summed E-state index contributed by atoms with van der Waals surface area (Å²) in [5.74, 6) is -3.23. The first kappa shape index (κ1) is 14.4. The number of hydrogen-bond acceptors (Lipinski definition) is 2. The average Bonchev–Trinajstić information content (AvgIpc) is 2.83. The van der Waals surface area contributed by atoms with Gasteiger partial charge in [-0.2, -0.15) is 0 Å². The Bertz CT molecular complexity index is 561. The van der Waals surface area contributed by atoms with Crippen LogP contribution in [0.15, 0.2) is 18.2 Å². The Morgan fingerprint density at radius 3 is 2.60 bits per heavy atom. The molecule has 1 aromatic rings. The third-order valence-electron chi connectivity index (χ3n) is 3.93. The molecule has 6 heteroatoms. The van der Waals surface area contributed by atoms with Crippen LogP contribution in [0.25, 0.3) is 0 Å². The van der Waals surface area contributed by atoms with Crippen molar-refractivity contribution in [2.75, 3.05) is 13.1 Å². The van der Waals surface area contributed by atoms with E-state index in [9.17, 15) is 23.5 Å². The molecule has 0 aromatic heterocycles. The number of rotatable bonds is 3. The van der Waals surface area contributed by atoms with Crippen molar-refractivity contribution in [1.82, 2.24) is 4.90 Å². The number of carbonyl (C=O) groups excluding carboxylic acids is 1. The van der Waals surface area contributed by atoms with E-state index in [-0.39, 0.29) is 18.7 Å². The lowest BCUT2D eigenvalue weighted by Crippen LogP contribution is -2.36. The van der Waals surface area contributed by atoms with Crippen LogP contribution in [0.4, 0.5) is 8.78 Å². The summed E-state index contributed by atoms with van der Waals surface area (Å²) in [7, 11) is 0. The Labute approximate surface area is 115 Å². The first-order valence-corrected chi connectivity index (χ1v) is 6.37. The van der Waals surface area contributed by atoms with E-state index in [0.29, 0.717) is 18.9 Å². The van der Waals surface area contributed by atoms with Crippen LogP contribution < -0.4 is 0 Å². The average molecular weight is 283 g/mol. The molecule has 1 heterocycles. The molecule has 1 atom stereocenters. The quantitative estimate of drug-likeness (QED) is 0.926. The van der Waals surface area contributed by atoms with Gasteiger partial charge in [-0.3, -0.25) is 9.59 Å². The lowest BCUT2D eigenvalue weighted by molar-refractivity contribution is -0.148. The Morgan fingerprint density at radius 1 is 1.40 bits per heavy atom. The van der Waals surface area contributed by atoms with Crippen molar-refractivity contribution in [2.24, 2.45) is 5.41 Å². The summed E-state index contributed by atoms with van der Waals surface area (Å²) in [4.78, 5) is 24.8. The van der Waals surface area contributed by atoms with Gasteiger partial charge >= 0.3 is 5.97 Å². The van der Waals surface area contributed by atoms with Crippen molar-refractivity contribution >= 4 is 11.9 Å². The third kappa shape index (κ3) is 2.37. The molecule has 1 aliphatic heterocycles. The minimum atomic E-state index is -0.966. The van der Waals surface area contributed by atoms with Gasteiger partial charge in [0, 0.05) is 19.2 Å². The van der Waals surface area contributed by atoms with Crippen LogP contribution in [-0.4, -0.2) is 35.0 Å².